The molecule has 0 spiro atoms. The van der Waals surface area contributed by atoms with Crippen LogP contribution in [-0.4, -0.2) is 58.9 Å². The van der Waals surface area contributed by atoms with Crippen molar-refractivity contribution >= 4 is 45.3 Å². The van der Waals surface area contributed by atoms with Gasteiger partial charge in [-0.3, -0.25) is 9.69 Å². The maximum absolute atomic E-state index is 12.7. The number of nitrogens with one attached hydrogen (secondary N) is 3. The first-order chi connectivity index (χ1) is 18.4. The van der Waals surface area contributed by atoms with Crippen molar-refractivity contribution in [1.82, 2.24) is 19.8 Å². The molecule has 0 saturated carbocycles. The van der Waals surface area contributed by atoms with E-state index in [-0.39, 0.29) is 5.91 Å². The smallest absolute Gasteiger partial charge is 0.267 e. The summed E-state index contributed by atoms with van der Waals surface area (Å²) in [7, 11) is 2.17. The largest absolute Gasteiger partial charge is 0.340 e. The van der Waals surface area contributed by atoms with Gasteiger partial charge in [0.05, 0.1) is 11.9 Å². The molecule has 3 N–H and O–H groups in total. The minimum Gasteiger partial charge on any atom is -0.340 e. The lowest BCUT2D eigenvalue weighted by molar-refractivity contribution is 0.103. The number of hydrogen-bond acceptors (Lipinski definition) is 8. The minimum absolute atomic E-state index is 0.167. The fourth-order valence-corrected chi connectivity index (χ4v) is 5.03. The van der Waals surface area contributed by atoms with Crippen LogP contribution in [0.3, 0.4) is 0 Å². The maximum Gasteiger partial charge on any atom is 0.267 e. The number of carbonyl (C=O) groups is 1. The van der Waals surface area contributed by atoms with Gasteiger partial charge in [-0.1, -0.05) is 41.7 Å². The normalized spacial score (nSPS) is 14.3. The molecule has 0 unspecified atom stereocenters. The second-order valence-electron chi connectivity index (χ2n) is 9.67. The molecule has 1 fully saturated rings. The van der Waals surface area contributed by atoms with E-state index in [1.54, 1.807) is 6.20 Å². The molecule has 2 aromatic carbocycles. The predicted octanol–water partition coefficient (Wildman–Crippen LogP) is 5.64. The molecule has 1 amide bonds. The van der Waals surface area contributed by atoms with Gasteiger partial charge in [0.1, 0.15) is 10.7 Å². The molecule has 1 aliphatic rings. The molecule has 3 heterocycles. The van der Waals surface area contributed by atoms with Crippen LogP contribution in [0.25, 0.3) is 0 Å². The van der Waals surface area contributed by atoms with Crippen LogP contribution in [0.15, 0.2) is 66.9 Å². The summed E-state index contributed by atoms with van der Waals surface area (Å²) in [6, 6.07) is 20.0. The third kappa shape index (κ3) is 6.55. The molecular weight excluding hydrogens is 494 g/mol. The molecule has 2 aromatic heterocycles. The number of aryl methyl sites for hydroxylation is 2. The van der Waals surface area contributed by atoms with Crippen LogP contribution >= 0.6 is 11.3 Å². The number of pyridine rings is 1. The number of rotatable bonds is 8. The van der Waals surface area contributed by atoms with E-state index >= 15 is 0 Å². The van der Waals surface area contributed by atoms with Gasteiger partial charge in [0.15, 0.2) is 5.13 Å². The molecule has 1 aliphatic heterocycles. The van der Waals surface area contributed by atoms with Gasteiger partial charge in [0, 0.05) is 49.8 Å². The van der Waals surface area contributed by atoms with Crippen molar-refractivity contribution in [1.29, 1.82) is 0 Å². The predicted molar refractivity (Wildman–Crippen MR) is 156 cm³/mol. The Morgan fingerprint density at radius 1 is 0.921 bits per heavy atom. The van der Waals surface area contributed by atoms with Crippen LogP contribution in [0.2, 0.25) is 0 Å². The van der Waals surface area contributed by atoms with E-state index in [0.717, 1.165) is 72.4 Å². The summed E-state index contributed by atoms with van der Waals surface area (Å²) in [5, 5.41) is 10.4. The summed E-state index contributed by atoms with van der Waals surface area (Å²) in [6.45, 7) is 9.18. The summed E-state index contributed by atoms with van der Waals surface area (Å²) in [6.07, 6.45) is 1.60. The van der Waals surface area contributed by atoms with Crippen LogP contribution in [0, 0.1) is 13.8 Å². The van der Waals surface area contributed by atoms with Gasteiger partial charge in [0.2, 0.25) is 0 Å². The Kier molecular flexibility index (Phi) is 7.97. The van der Waals surface area contributed by atoms with E-state index in [4.69, 9.17) is 4.98 Å². The maximum atomic E-state index is 12.7. The van der Waals surface area contributed by atoms with E-state index in [1.165, 1.54) is 11.3 Å². The van der Waals surface area contributed by atoms with Gasteiger partial charge in [-0.05, 0) is 62.4 Å². The van der Waals surface area contributed by atoms with Gasteiger partial charge in [0.25, 0.3) is 5.91 Å². The number of hydrogen-bond donors (Lipinski definition) is 3. The van der Waals surface area contributed by atoms with E-state index in [2.05, 4.69) is 49.9 Å². The van der Waals surface area contributed by atoms with Crippen molar-refractivity contribution in [3.63, 3.8) is 0 Å². The molecule has 1 saturated heterocycles. The summed E-state index contributed by atoms with van der Waals surface area (Å²) in [5.74, 6) is 0.648. The van der Waals surface area contributed by atoms with Gasteiger partial charge >= 0.3 is 0 Å². The van der Waals surface area contributed by atoms with Crippen molar-refractivity contribution in [2.75, 3.05) is 49.2 Å². The second-order valence-corrected chi connectivity index (χ2v) is 10.7. The molecule has 9 heteroatoms. The molecule has 0 bridgehead atoms. The molecular formula is C29H33N7OS. The lowest BCUT2D eigenvalue weighted by Gasteiger charge is -2.32. The molecule has 38 heavy (non-hydrogen) atoms. The van der Waals surface area contributed by atoms with Crippen LogP contribution in [0.5, 0.6) is 0 Å². The topological polar surface area (TPSA) is 85.4 Å². The van der Waals surface area contributed by atoms with E-state index in [1.807, 2.05) is 62.4 Å². The highest BCUT2D eigenvalue weighted by Gasteiger charge is 2.15. The molecule has 8 nitrogen and oxygen atoms in total. The highest BCUT2D eigenvalue weighted by Crippen LogP contribution is 2.29. The second kappa shape index (κ2) is 11.7. The number of piperazine rings is 1. The molecule has 0 radical (unpaired) electrons. The number of para-hydroxylation sites is 1. The fraction of sp³-hybridized carbons (Fsp3) is 0.276. The minimum atomic E-state index is -0.167. The monoisotopic (exact) mass is 527 g/mol. The lowest BCUT2D eigenvalue weighted by Crippen LogP contribution is -2.44. The highest BCUT2D eigenvalue weighted by atomic mass is 32.1. The Balaban J connectivity index is 1.23. The number of anilines is 5. The van der Waals surface area contributed by atoms with E-state index in [0.29, 0.717) is 10.0 Å². The van der Waals surface area contributed by atoms with E-state index < -0.39 is 0 Å². The SMILES string of the molecule is Cc1ccccc1NC(=O)c1cnc(Nc2cc(Nc3cccc(CN4CCN(C)CC4)n3)ccc2C)s1. The zero-order chi connectivity index (χ0) is 26.5. The van der Waals surface area contributed by atoms with Gasteiger partial charge in [-0.15, -0.1) is 0 Å². The fourth-order valence-electron chi connectivity index (χ4n) is 4.30. The molecule has 0 atom stereocenters. The number of carbonyl (C=O) groups excluding carboxylic acids is 1. The molecule has 4 aromatic rings. The number of likely N-dealkylation sites (N-methyl/N-ethyl adjacent to an activating group) is 1. The average Bonchev–Trinajstić information content (AvgIpc) is 3.38. The van der Waals surface area contributed by atoms with Crippen molar-refractivity contribution in [3.8, 4) is 0 Å². The summed E-state index contributed by atoms with van der Waals surface area (Å²) < 4.78 is 0. The zero-order valence-corrected chi connectivity index (χ0v) is 22.8. The Bertz CT molecular complexity index is 1410. The quantitative estimate of drug-likeness (QED) is 0.273. The molecule has 5 rings (SSSR count). The summed E-state index contributed by atoms with van der Waals surface area (Å²) in [4.78, 5) is 27.4. The van der Waals surface area contributed by atoms with Crippen LogP contribution in [-0.2, 0) is 6.54 Å². The highest BCUT2D eigenvalue weighted by molar-refractivity contribution is 7.17. The first kappa shape index (κ1) is 25.8. The molecule has 196 valence electrons. The number of benzene rings is 2. The van der Waals surface area contributed by atoms with Gasteiger partial charge in [-0.2, -0.15) is 0 Å². The number of amides is 1. The van der Waals surface area contributed by atoms with Crippen molar-refractivity contribution in [3.05, 3.63) is 88.6 Å². The third-order valence-corrected chi connectivity index (χ3v) is 7.57. The zero-order valence-electron chi connectivity index (χ0n) is 22.0. The number of thiazole rings is 1. The first-order valence-electron chi connectivity index (χ1n) is 12.8. The van der Waals surface area contributed by atoms with Gasteiger partial charge < -0.3 is 20.9 Å². The van der Waals surface area contributed by atoms with Crippen molar-refractivity contribution in [2.45, 2.75) is 20.4 Å². The van der Waals surface area contributed by atoms with Crippen molar-refractivity contribution < 1.29 is 4.79 Å². The van der Waals surface area contributed by atoms with Crippen molar-refractivity contribution in [2.24, 2.45) is 0 Å². The Labute approximate surface area is 227 Å². The lowest BCUT2D eigenvalue weighted by atomic mass is 10.2. The summed E-state index contributed by atoms with van der Waals surface area (Å²) >= 11 is 1.32. The number of nitrogens with zero attached hydrogens (tertiary/aromatic N) is 4. The Morgan fingerprint density at radius 3 is 2.53 bits per heavy atom. The van der Waals surface area contributed by atoms with Crippen LogP contribution < -0.4 is 16.0 Å². The number of aromatic nitrogens is 2. The van der Waals surface area contributed by atoms with Crippen LogP contribution in [0.1, 0.15) is 26.5 Å². The standard InChI is InChI=1S/C29H33N7OS/c1-20-7-4-5-9-24(20)33-28(37)26-18-30-29(38-26)34-25-17-22(12-11-21(25)2)31-27-10-6-8-23(32-27)19-36-15-13-35(3)14-16-36/h4-12,17-18H,13-16,19H2,1-3H3,(H,30,34)(H,31,32)(H,33,37). The first-order valence-corrected chi connectivity index (χ1v) is 13.6. The third-order valence-electron chi connectivity index (χ3n) is 6.66. The van der Waals surface area contributed by atoms with Gasteiger partial charge in [-0.25, -0.2) is 9.97 Å². The Morgan fingerprint density at radius 2 is 1.71 bits per heavy atom. The Hall–Kier alpha value is -3.79. The molecule has 0 aliphatic carbocycles. The summed E-state index contributed by atoms with van der Waals surface area (Å²) in [5.41, 5.74) is 5.80. The average molecular weight is 528 g/mol. The van der Waals surface area contributed by atoms with E-state index in [9.17, 15) is 4.79 Å². The van der Waals surface area contributed by atoms with Crippen LogP contribution in [0.4, 0.5) is 28.0 Å².